The van der Waals surface area contributed by atoms with E-state index in [1.165, 1.54) is 20.9 Å². The van der Waals surface area contributed by atoms with Gasteiger partial charge in [0, 0.05) is 26.9 Å². The Bertz CT molecular complexity index is 562. The minimum Gasteiger partial charge on any atom is -0.304 e. The molecule has 1 aromatic heterocycles. The maximum atomic E-state index is 6.04. The van der Waals surface area contributed by atoms with Gasteiger partial charge in [-0.25, -0.2) is 0 Å². The quantitative estimate of drug-likeness (QED) is 0.792. The second-order valence-electron chi connectivity index (χ2n) is 5.03. The van der Waals surface area contributed by atoms with Gasteiger partial charge in [0.15, 0.2) is 0 Å². The molecule has 1 unspecified atom stereocenters. The third-order valence-electron chi connectivity index (χ3n) is 3.39. The number of benzene rings is 1. The Morgan fingerprint density at radius 2 is 1.84 bits per heavy atom. The lowest BCUT2D eigenvalue weighted by Crippen LogP contribution is -2.22. The highest BCUT2D eigenvalue weighted by atomic mass is 35.5. The van der Waals surface area contributed by atoms with E-state index in [0.29, 0.717) is 6.04 Å². The van der Waals surface area contributed by atoms with E-state index in [0.717, 1.165) is 5.02 Å². The molecule has 19 heavy (non-hydrogen) atoms. The number of nitrogens with one attached hydrogen (secondary N) is 1. The average molecular weight is 294 g/mol. The van der Waals surface area contributed by atoms with Gasteiger partial charge in [-0.05, 0) is 57.0 Å². The molecule has 0 aliphatic carbocycles. The minimum absolute atomic E-state index is 0.285. The largest absolute Gasteiger partial charge is 0.304 e. The van der Waals surface area contributed by atoms with Crippen molar-refractivity contribution in [2.45, 2.75) is 39.8 Å². The van der Waals surface area contributed by atoms with Gasteiger partial charge in [0.1, 0.15) is 0 Å². The van der Waals surface area contributed by atoms with Crippen LogP contribution in [-0.2, 0) is 0 Å². The van der Waals surface area contributed by atoms with Crippen LogP contribution in [0.1, 0.15) is 46.8 Å². The highest BCUT2D eigenvalue weighted by Crippen LogP contribution is 2.28. The molecule has 0 amide bonds. The van der Waals surface area contributed by atoms with Crippen molar-refractivity contribution in [2.75, 3.05) is 0 Å². The maximum absolute atomic E-state index is 6.04. The summed E-state index contributed by atoms with van der Waals surface area (Å²) in [5.74, 6) is 0. The van der Waals surface area contributed by atoms with Gasteiger partial charge in [-0.1, -0.05) is 23.7 Å². The number of hydrogen-bond acceptors (Lipinski definition) is 2. The van der Waals surface area contributed by atoms with Crippen molar-refractivity contribution in [1.29, 1.82) is 0 Å². The van der Waals surface area contributed by atoms with Gasteiger partial charge >= 0.3 is 0 Å². The maximum Gasteiger partial charge on any atom is 0.0409 e. The van der Waals surface area contributed by atoms with Crippen LogP contribution in [0, 0.1) is 13.8 Å². The number of rotatable bonds is 4. The van der Waals surface area contributed by atoms with Crippen LogP contribution in [0.25, 0.3) is 0 Å². The molecule has 0 saturated heterocycles. The van der Waals surface area contributed by atoms with E-state index in [9.17, 15) is 0 Å². The summed E-state index contributed by atoms with van der Waals surface area (Å²) in [6.07, 6.45) is 0. The summed E-state index contributed by atoms with van der Waals surface area (Å²) < 4.78 is 0. The van der Waals surface area contributed by atoms with Gasteiger partial charge in [-0.15, -0.1) is 11.3 Å². The molecule has 102 valence electrons. The van der Waals surface area contributed by atoms with E-state index < -0.39 is 0 Å². The van der Waals surface area contributed by atoms with Gasteiger partial charge in [0.05, 0.1) is 0 Å². The minimum atomic E-state index is 0.285. The van der Waals surface area contributed by atoms with Crippen LogP contribution in [-0.4, -0.2) is 0 Å². The Hall–Kier alpha value is -0.830. The molecule has 0 saturated carbocycles. The molecule has 2 aromatic rings. The van der Waals surface area contributed by atoms with E-state index in [1.54, 1.807) is 0 Å². The molecule has 0 bridgehead atoms. The Labute approximate surface area is 124 Å². The Morgan fingerprint density at radius 1 is 1.11 bits per heavy atom. The number of hydrogen-bond donors (Lipinski definition) is 1. The molecule has 2 rings (SSSR count). The first-order chi connectivity index (χ1) is 8.97. The Kier molecular flexibility index (Phi) is 4.67. The molecule has 3 heteroatoms. The summed E-state index contributed by atoms with van der Waals surface area (Å²) in [4.78, 5) is 2.77. The predicted molar refractivity (Wildman–Crippen MR) is 85.2 cm³/mol. The fourth-order valence-corrected chi connectivity index (χ4v) is 3.64. The lowest BCUT2D eigenvalue weighted by molar-refractivity contribution is 0.494. The number of halogens is 1. The third-order valence-corrected chi connectivity index (χ3v) is 4.61. The molecular weight excluding hydrogens is 274 g/mol. The van der Waals surface area contributed by atoms with E-state index >= 15 is 0 Å². The lowest BCUT2D eigenvalue weighted by Gasteiger charge is -2.20. The Morgan fingerprint density at radius 3 is 2.42 bits per heavy atom. The van der Waals surface area contributed by atoms with Crippen LogP contribution in [0.2, 0.25) is 5.02 Å². The second-order valence-corrected chi connectivity index (χ2v) is 6.93. The van der Waals surface area contributed by atoms with Crippen molar-refractivity contribution in [3.8, 4) is 0 Å². The monoisotopic (exact) mass is 293 g/mol. The van der Waals surface area contributed by atoms with E-state index in [2.05, 4.69) is 45.1 Å². The van der Waals surface area contributed by atoms with Crippen molar-refractivity contribution in [3.63, 3.8) is 0 Å². The first-order valence-electron chi connectivity index (χ1n) is 6.56. The highest BCUT2D eigenvalue weighted by molar-refractivity contribution is 7.12. The second kappa shape index (κ2) is 6.08. The molecule has 1 heterocycles. The van der Waals surface area contributed by atoms with Crippen molar-refractivity contribution >= 4 is 22.9 Å². The third kappa shape index (κ3) is 3.59. The van der Waals surface area contributed by atoms with Crippen molar-refractivity contribution < 1.29 is 0 Å². The Balaban J connectivity index is 2.10. The molecule has 2 atom stereocenters. The SMILES string of the molecule is Cc1cc(C(C)N[C@@H](C)c2cccc(Cl)c2)c(C)s1. The summed E-state index contributed by atoms with van der Waals surface area (Å²) >= 11 is 7.91. The summed E-state index contributed by atoms with van der Waals surface area (Å²) in [6, 6.07) is 11.0. The molecule has 0 aliphatic heterocycles. The predicted octanol–water partition coefficient (Wildman–Crippen LogP) is 5.43. The molecule has 1 nitrogen and oxygen atoms in total. The average Bonchev–Trinajstić information content (AvgIpc) is 2.68. The fraction of sp³-hybridized carbons (Fsp3) is 0.375. The van der Waals surface area contributed by atoms with E-state index in [4.69, 9.17) is 11.6 Å². The molecule has 0 fully saturated rings. The van der Waals surface area contributed by atoms with Crippen LogP contribution in [0.3, 0.4) is 0 Å². The molecule has 0 radical (unpaired) electrons. The molecule has 0 aliphatic rings. The highest BCUT2D eigenvalue weighted by Gasteiger charge is 2.14. The van der Waals surface area contributed by atoms with Crippen LogP contribution in [0.5, 0.6) is 0 Å². The van der Waals surface area contributed by atoms with E-state index in [1.807, 2.05) is 29.5 Å². The first-order valence-corrected chi connectivity index (χ1v) is 7.75. The summed E-state index contributed by atoms with van der Waals surface area (Å²) in [7, 11) is 0. The van der Waals surface area contributed by atoms with Gasteiger partial charge < -0.3 is 5.32 Å². The summed E-state index contributed by atoms with van der Waals surface area (Å²) in [6.45, 7) is 8.75. The normalized spacial score (nSPS) is 14.4. The summed E-state index contributed by atoms with van der Waals surface area (Å²) in [5, 5.41) is 4.43. The summed E-state index contributed by atoms with van der Waals surface area (Å²) in [5.41, 5.74) is 2.63. The van der Waals surface area contributed by atoms with Crippen LogP contribution < -0.4 is 5.32 Å². The number of aryl methyl sites for hydroxylation is 2. The van der Waals surface area contributed by atoms with E-state index in [-0.39, 0.29) is 6.04 Å². The standard InChI is InChI=1S/C16H20ClNS/c1-10-8-16(13(4)19-10)12(3)18-11(2)14-6-5-7-15(17)9-14/h5-9,11-12,18H,1-4H3/t11-,12?/m0/s1. The smallest absolute Gasteiger partial charge is 0.0409 e. The van der Waals surface area contributed by atoms with Crippen molar-refractivity contribution in [3.05, 3.63) is 56.2 Å². The fourth-order valence-electron chi connectivity index (χ4n) is 2.42. The topological polar surface area (TPSA) is 12.0 Å². The van der Waals surface area contributed by atoms with Gasteiger partial charge in [-0.2, -0.15) is 0 Å². The van der Waals surface area contributed by atoms with Crippen molar-refractivity contribution in [2.24, 2.45) is 0 Å². The molecular formula is C16H20ClNS. The van der Waals surface area contributed by atoms with Crippen LogP contribution >= 0.6 is 22.9 Å². The van der Waals surface area contributed by atoms with Gasteiger partial charge in [0.25, 0.3) is 0 Å². The molecule has 1 N–H and O–H groups in total. The first kappa shape index (κ1) is 14.6. The number of thiophene rings is 1. The zero-order valence-corrected chi connectivity index (χ0v) is 13.4. The van der Waals surface area contributed by atoms with Gasteiger partial charge in [0.2, 0.25) is 0 Å². The lowest BCUT2D eigenvalue weighted by atomic mass is 10.0. The molecule has 0 spiro atoms. The zero-order chi connectivity index (χ0) is 14.0. The van der Waals surface area contributed by atoms with Gasteiger partial charge in [-0.3, -0.25) is 0 Å². The van der Waals surface area contributed by atoms with Crippen molar-refractivity contribution in [1.82, 2.24) is 5.32 Å². The zero-order valence-electron chi connectivity index (χ0n) is 11.8. The van der Waals surface area contributed by atoms with Crippen LogP contribution in [0.4, 0.5) is 0 Å². The molecule has 1 aromatic carbocycles. The van der Waals surface area contributed by atoms with Crippen LogP contribution in [0.15, 0.2) is 30.3 Å².